The number of rotatable bonds is 7. The molecule has 1 saturated heterocycles. The summed E-state index contributed by atoms with van der Waals surface area (Å²) in [6.45, 7) is 8.23. The first-order chi connectivity index (χ1) is 12.5. The van der Waals surface area contributed by atoms with E-state index in [-0.39, 0.29) is 11.4 Å². The highest BCUT2D eigenvalue weighted by atomic mass is 32.2. The topological polar surface area (TPSA) is 83.1 Å². The van der Waals surface area contributed by atoms with E-state index in [0.717, 1.165) is 42.8 Å². The van der Waals surface area contributed by atoms with Crippen LogP contribution in [0.15, 0.2) is 35.7 Å². The number of thioether (sulfide) groups is 1. The average molecular weight is 375 g/mol. The fourth-order valence-corrected chi connectivity index (χ4v) is 3.58. The maximum Gasteiger partial charge on any atom is 0.251 e. The van der Waals surface area contributed by atoms with Crippen molar-refractivity contribution in [3.05, 3.63) is 41.7 Å². The molecule has 0 unspecified atom stereocenters. The standard InChI is InChI=1S/C18H25N5O2S/c1-18(2,23-7-9-25-10-8-23)12-19-16(24)15-5-3-14(4-6-15)11-26-17-20-13-21-22-17/h3-6,13H,7-12H2,1-2H3,(H,19,24)(H,20,21,22). The molecule has 0 atom stereocenters. The van der Waals surface area contributed by atoms with Gasteiger partial charge in [-0.25, -0.2) is 4.98 Å². The van der Waals surface area contributed by atoms with Gasteiger partial charge in [0.05, 0.1) is 13.2 Å². The lowest BCUT2D eigenvalue weighted by atomic mass is 10.0. The minimum Gasteiger partial charge on any atom is -0.379 e. The van der Waals surface area contributed by atoms with Crippen LogP contribution in [0.3, 0.4) is 0 Å². The first-order valence-corrected chi connectivity index (χ1v) is 9.71. The minimum atomic E-state index is -0.0902. The van der Waals surface area contributed by atoms with Gasteiger partial charge in [-0.1, -0.05) is 23.9 Å². The molecule has 2 aromatic rings. The van der Waals surface area contributed by atoms with E-state index in [0.29, 0.717) is 12.1 Å². The molecule has 1 fully saturated rings. The van der Waals surface area contributed by atoms with E-state index in [1.54, 1.807) is 11.8 Å². The monoisotopic (exact) mass is 375 g/mol. The van der Waals surface area contributed by atoms with Crippen molar-refractivity contribution < 1.29 is 9.53 Å². The quantitative estimate of drug-likeness (QED) is 0.720. The second kappa shape index (κ2) is 8.66. The van der Waals surface area contributed by atoms with Crippen molar-refractivity contribution >= 4 is 17.7 Å². The fraction of sp³-hybridized carbons (Fsp3) is 0.500. The molecule has 2 heterocycles. The van der Waals surface area contributed by atoms with E-state index in [9.17, 15) is 4.79 Å². The zero-order valence-corrected chi connectivity index (χ0v) is 16.0. The van der Waals surface area contributed by atoms with Gasteiger partial charge >= 0.3 is 0 Å². The Labute approximate surface area is 157 Å². The Kier molecular flexibility index (Phi) is 6.29. The van der Waals surface area contributed by atoms with Crippen molar-refractivity contribution in [2.45, 2.75) is 30.3 Å². The lowest BCUT2D eigenvalue weighted by Crippen LogP contribution is -2.55. The normalized spacial score (nSPS) is 15.8. The third kappa shape index (κ3) is 5.06. The van der Waals surface area contributed by atoms with Crippen LogP contribution < -0.4 is 5.32 Å². The summed E-state index contributed by atoms with van der Waals surface area (Å²) >= 11 is 1.58. The van der Waals surface area contributed by atoms with E-state index < -0.39 is 0 Å². The number of nitrogens with one attached hydrogen (secondary N) is 2. The zero-order valence-electron chi connectivity index (χ0n) is 15.2. The number of hydrogen-bond acceptors (Lipinski definition) is 6. The van der Waals surface area contributed by atoms with Crippen molar-refractivity contribution in [2.75, 3.05) is 32.8 Å². The predicted molar refractivity (Wildman–Crippen MR) is 101 cm³/mol. The number of ether oxygens (including phenoxy) is 1. The lowest BCUT2D eigenvalue weighted by Gasteiger charge is -2.40. The summed E-state index contributed by atoms with van der Waals surface area (Å²) < 4.78 is 5.40. The van der Waals surface area contributed by atoms with Crippen LogP contribution in [-0.4, -0.2) is 64.4 Å². The summed E-state index contributed by atoms with van der Waals surface area (Å²) in [5.74, 6) is 0.738. The van der Waals surface area contributed by atoms with Gasteiger partial charge < -0.3 is 10.1 Å². The van der Waals surface area contributed by atoms with Crippen molar-refractivity contribution in [3.63, 3.8) is 0 Å². The number of aromatic amines is 1. The SMILES string of the molecule is CC(C)(CNC(=O)c1ccc(CSc2ncn[nH]2)cc1)N1CCOCC1. The molecule has 0 spiro atoms. The molecule has 140 valence electrons. The molecule has 3 rings (SSSR count). The molecule has 0 saturated carbocycles. The average Bonchev–Trinajstić information content (AvgIpc) is 3.19. The number of amides is 1. The zero-order chi connectivity index (χ0) is 18.4. The number of carbonyl (C=O) groups is 1. The maximum absolute atomic E-state index is 12.4. The third-order valence-electron chi connectivity index (χ3n) is 4.53. The van der Waals surface area contributed by atoms with Gasteiger partial charge in [0.15, 0.2) is 5.16 Å². The van der Waals surface area contributed by atoms with Crippen LogP contribution in [0.4, 0.5) is 0 Å². The Hall–Kier alpha value is -1.90. The predicted octanol–water partition coefficient (Wildman–Crippen LogP) is 1.94. The summed E-state index contributed by atoms with van der Waals surface area (Å²) in [5, 5.41) is 10.5. The number of H-pyrrole nitrogens is 1. The molecule has 1 aromatic heterocycles. The molecule has 1 amide bonds. The van der Waals surface area contributed by atoms with Gasteiger partial charge in [0, 0.05) is 36.5 Å². The molecule has 8 heteroatoms. The van der Waals surface area contributed by atoms with Gasteiger partial charge in [0.1, 0.15) is 6.33 Å². The smallest absolute Gasteiger partial charge is 0.251 e. The molecule has 0 radical (unpaired) electrons. The van der Waals surface area contributed by atoms with Crippen LogP contribution in [0, 0.1) is 0 Å². The number of carbonyl (C=O) groups excluding carboxylic acids is 1. The van der Waals surface area contributed by atoms with Crippen molar-refractivity contribution in [2.24, 2.45) is 0 Å². The number of morpholine rings is 1. The molecule has 0 bridgehead atoms. The lowest BCUT2D eigenvalue weighted by molar-refractivity contribution is -0.00923. The minimum absolute atomic E-state index is 0.0410. The van der Waals surface area contributed by atoms with Crippen LogP contribution in [0.1, 0.15) is 29.8 Å². The Morgan fingerprint density at radius 1 is 1.31 bits per heavy atom. The van der Waals surface area contributed by atoms with Crippen LogP contribution in [-0.2, 0) is 10.5 Å². The van der Waals surface area contributed by atoms with E-state index in [4.69, 9.17) is 4.74 Å². The molecule has 0 aliphatic carbocycles. The van der Waals surface area contributed by atoms with Crippen molar-refractivity contribution in [1.82, 2.24) is 25.4 Å². The molecule has 1 aliphatic rings. The highest BCUT2D eigenvalue weighted by Gasteiger charge is 2.28. The van der Waals surface area contributed by atoms with Gasteiger partial charge in [-0.3, -0.25) is 14.8 Å². The highest BCUT2D eigenvalue weighted by Crippen LogP contribution is 2.19. The Bertz CT molecular complexity index is 697. The van der Waals surface area contributed by atoms with Crippen molar-refractivity contribution in [3.8, 4) is 0 Å². The third-order valence-corrected chi connectivity index (χ3v) is 5.48. The summed E-state index contributed by atoms with van der Waals surface area (Å²) in [7, 11) is 0. The van der Waals surface area contributed by atoms with Gasteiger partial charge in [-0.2, -0.15) is 5.10 Å². The van der Waals surface area contributed by atoms with Crippen LogP contribution in [0.2, 0.25) is 0 Å². The number of aromatic nitrogens is 3. The summed E-state index contributed by atoms with van der Waals surface area (Å²) in [6, 6.07) is 7.69. The van der Waals surface area contributed by atoms with E-state index in [1.165, 1.54) is 6.33 Å². The summed E-state index contributed by atoms with van der Waals surface area (Å²) in [5.41, 5.74) is 1.72. The van der Waals surface area contributed by atoms with Gasteiger partial charge in [0.2, 0.25) is 0 Å². The largest absolute Gasteiger partial charge is 0.379 e. The molecule has 1 aliphatic heterocycles. The Morgan fingerprint density at radius 3 is 2.69 bits per heavy atom. The van der Waals surface area contributed by atoms with E-state index in [1.807, 2.05) is 24.3 Å². The Morgan fingerprint density at radius 2 is 2.04 bits per heavy atom. The summed E-state index contributed by atoms with van der Waals surface area (Å²) in [4.78, 5) is 18.9. The number of benzene rings is 1. The van der Waals surface area contributed by atoms with Crippen LogP contribution >= 0.6 is 11.8 Å². The van der Waals surface area contributed by atoms with E-state index >= 15 is 0 Å². The first-order valence-electron chi connectivity index (χ1n) is 8.73. The summed E-state index contributed by atoms with van der Waals surface area (Å²) in [6.07, 6.45) is 1.49. The number of nitrogens with zero attached hydrogens (tertiary/aromatic N) is 3. The van der Waals surface area contributed by atoms with Gasteiger partial charge in [-0.15, -0.1) is 0 Å². The fourth-order valence-electron chi connectivity index (χ4n) is 2.85. The molecule has 2 N–H and O–H groups in total. The molecular weight excluding hydrogens is 350 g/mol. The molecule has 7 nitrogen and oxygen atoms in total. The van der Waals surface area contributed by atoms with Crippen LogP contribution in [0.5, 0.6) is 0 Å². The highest BCUT2D eigenvalue weighted by molar-refractivity contribution is 7.98. The van der Waals surface area contributed by atoms with Gasteiger partial charge in [-0.05, 0) is 31.5 Å². The second-order valence-electron chi connectivity index (χ2n) is 6.87. The molecule has 26 heavy (non-hydrogen) atoms. The molecule has 1 aromatic carbocycles. The van der Waals surface area contributed by atoms with Gasteiger partial charge in [0.25, 0.3) is 5.91 Å². The van der Waals surface area contributed by atoms with Crippen molar-refractivity contribution in [1.29, 1.82) is 0 Å². The molecular formula is C18H25N5O2S. The van der Waals surface area contributed by atoms with E-state index in [2.05, 4.69) is 39.2 Å². The number of hydrogen-bond donors (Lipinski definition) is 2. The second-order valence-corrected chi connectivity index (χ2v) is 7.83. The first kappa shape index (κ1) is 18.9. The van der Waals surface area contributed by atoms with Crippen LogP contribution in [0.25, 0.3) is 0 Å². The maximum atomic E-state index is 12.4. The Balaban J connectivity index is 1.49.